The second kappa shape index (κ2) is 5.37. The smallest absolute Gasteiger partial charge is 0.238 e. The Morgan fingerprint density at radius 3 is 2.59 bits per heavy atom. The molecular formula is C11H18N2O3S. The zero-order valence-electron chi connectivity index (χ0n) is 10.0. The maximum Gasteiger partial charge on any atom is 0.238 e. The topological polar surface area (TPSA) is 95.4 Å². The van der Waals surface area contributed by atoms with Crippen molar-refractivity contribution in [1.29, 1.82) is 0 Å². The quantitative estimate of drug-likeness (QED) is 0.782. The highest BCUT2D eigenvalue weighted by Gasteiger charge is 2.12. The number of nitrogens with two attached hydrogens (primary N) is 2. The Balaban J connectivity index is 2.99. The molecule has 4 N–H and O–H groups in total. The number of hydrogen-bond acceptors (Lipinski definition) is 4. The van der Waals surface area contributed by atoms with E-state index in [0.29, 0.717) is 11.4 Å². The standard InChI is InChI=1S/C11H18N2O3S/c1-3-4-8(2)16-11-7-9(17(13,14)15)5-6-10(11)12/h5-8H,3-4,12H2,1-2H3,(H2,13,14,15). The Labute approximate surface area is 102 Å². The Kier molecular flexibility index (Phi) is 4.36. The van der Waals surface area contributed by atoms with Crippen LogP contribution in [0.15, 0.2) is 23.1 Å². The van der Waals surface area contributed by atoms with Gasteiger partial charge in [0.15, 0.2) is 0 Å². The van der Waals surface area contributed by atoms with Crippen molar-refractivity contribution in [3.8, 4) is 5.75 Å². The summed E-state index contributed by atoms with van der Waals surface area (Å²) in [6.45, 7) is 3.95. The van der Waals surface area contributed by atoms with E-state index >= 15 is 0 Å². The Bertz CT molecular complexity index is 485. The summed E-state index contributed by atoms with van der Waals surface area (Å²) in [5, 5.41) is 5.04. The number of ether oxygens (including phenoxy) is 1. The van der Waals surface area contributed by atoms with Crippen LogP contribution in [0.5, 0.6) is 5.75 Å². The Morgan fingerprint density at radius 2 is 2.06 bits per heavy atom. The third-order valence-electron chi connectivity index (χ3n) is 2.34. The highest BCUT2D eigenvalue weighted by molar-refractivity contribution is 7.89. The molecule has 0 amide bonds. The van der Waals surface area contributed by atoms with Crippen molar-refractivity contribution in [2.45, 2.75) is 37.7 Å². The van der Waals surface area contributed by atoms with Gasteiger partial charge in [-0.25, -0.2) is 13.6 Å². The van der Waals surface area contributed by atoms with Crippen molar-refractivity contribution in [2.75, 3.05) is 5.73 Å². The van der Waals surface area contributed by atoms with Crippen molar-refractivity contribution in [2.24, 2.45) is 5.14 Å². The minimum atomic E-state index is -3.73. The van der Waals surface area contributed by atoms with E-state index in [2.05, 4.69) is 0 Å². The number of anilines is 1. The molecule has 0 fully saturated rings. The van der Waals surface area contributed by atoms with Gasteiger partial charge in [-0.3, -0.25) is 0 Å². The summed E-state index contributed by atoms with van der Waals surface area (Å²) in [7, 11) is -3.73. The van der Waals surface area contributed by atoms with Crippen molar-refractivity contribution < 1.29 is 13.2 Å². The zero-order valence-corrected chi connectivity index (χ0v) is 10.8. The van der Waals surface area contributed by atoms with Gasteiger partial charge in [-0.15, -0.1) is 0 Å². The van der Waals surface area contributed by atoms with Gasteiger partial charge in [0.2, 0.25) is 10.0 Å². The Hall–Kier alpha value is -1.27. The lowest BCUT2D eigenvalue weighted by Gasteiger charge is -2.16. The molecule has 17 heavy (non-hydrogen) atoms. The fourth-order valence-corrected chi connectivity index (χ4v) is 2.00. The van der Waals surface area contributed by atoms with Gasteiger partial charge in [-0.05, 0) is 25.5 Å². The molecule has 0 spiro atoms. The lowest BCUT2D eigenvalue weighted by Crippen LogP contribution is -2.15. The highest BCUT2D eigenvalue weighted by Crippen LogP contribution is 2.26. The van der Waals surface area contributed by atoms with Crippen molar-refractivity contribution in [3.63, 3.8) is 0 Å². The maximum absolute atomic E-state index is 11.2. The summed E-state index contributed by atoms with van der Waals surface area (Å²) in [6.07, 6.45) is 1.84. The predicted molar refractivity (Wildman–Crippen MR) is 67.2 cm³/mol. The van der Waals surface area contributed by atoms with Gasteiger partial charge in [-0.1, -0.05) is 13.3 Å². The number of rotatable bonds is 5. The second-order valence-electron chi connectivity index (χ2n) is 3.96. The molecule has 1 aromatic carbocycles. The molecule has 1 rings (SSSR count). The summed E-state index contributed by atoms with van der Waals surface area (Å²) in [4.78, 5) is 0.00500. The van der Waals surface area contributed by atoms with E-state index < -0.39 is 10.0 Å². The molecule has 1 unspecified atom stereocenters. The van der Waals surface area contributed by atoms with Gasteiger partial charge in [0.05, 0.1) is 16.7 Å². The van der Waals surface area contributed by atoms with Gasteiger partial charge < -0.3 is 10.5 Å². The molecule has 0 aliphatic heterocycles. The summed E-state index contributed by atoms with van der Waals surface area (Å²) >= 11 is 0. The molecule has 0 aliphatic rings. The van der Waals surface area contributed by atoms with Crippen LogP contribution in [0.4, 0.5) is 5.69 Å². The summed E-state index contributed by atoms with van der Waals surface area (Å²) in [5.41, 5.74) is 6.12. The van der Waals surface area contributed by atoms with Crippen LogP contribution in [0, 0.1) is 0 Å². The van der Waals surface area contributed by atoms with E-state index in [1.165, 1.54) is 18.2 Å². The van der Waals surface area contributed by atoms with E-state index in [-0.39, 0.29) is 11.0 Å². The van der Waals surface area contributed by atoms with Gasteiger partial charge in [0, 0.05) is 6.07 Å². The molecule has 5 nitrogen and oxygen atoms in total. The first kappa shape index (κ1) is 13.8. The third-order valence-corrected chi connectivity index (χ3v) is 3.25. The van der Waals surface area contributed by atoms with Crippen LogP contribution in [0.1, 0.15) is 26.7 Å². The minimum Gasteiger partial charge on any atom is -0.489 e. The highest BCUT2D eigenvalue weighted by atomic mass is 32.2. The van der Waals surface area contributed by atoms with Crippen LogP contribution in [0.2, 0.25) is 0 Å². The predicted octanol–water partition coefficient (Wildman–Crippen LogP) is 1.48. The first-order chi connectivity index (χ1) is 7.84. The number of benzene rings is 1. The number of primary sulfonamides is 1. The molecule has 0 radical (unpaired) electrons. The largest absolute Gasteiger partial charge is 0.489 e. The van der Waals surface area contributed by atoms with E-state index in [1.807, 2.05) is 13.8 Å². The number of sulfonamides is 1. The van der Waals surface area contributed by atoms with E-state index in [1.54, 1.807) is 0 Å². The van der Waals surface area contributed by atoms with Crippen LogP contribution in [-0.4, -0.2) is 14.5 Å². The van der Waals surface area contributed by atoms with Gasteiger partial charge in [0.1, 0.15) is 5.75 Å². The normalized spacial score (nSPS) is 13.4. The van der Waals surface area contributed by atoms with E-state index in [4.69, 9.17) is 15.6 Å². The van der Waals surface area contributed by atoms with Gasteiger partial charge >= 0.3 is 0 Å². The lowest BCUT2D eigenvalue weighted by atomic mass is 10.2. The molecule has 0 heterocycles. The van der Waals surface area contributed by atoms with Crippen LogP contribution < -0.4 is 15.6 Å². The van der Waals surface area contributed by atoms with Gasteiger partial charge in [0.25, 0.3) is 0 Å². The SMILES string of the molecule is CCCC(C)Oc1cc(S(N)(=O)=O)ccc1N. The third kappa shape index (κ3) is 3.90. The summed E-state index contributed by atoms with van der Waals surface area (Å²) in [5.74, 6) is 0.359. The molecule has 0 saturated carbocycles. The van der Waals surface area contributed by atoms with Crippen LogP contribution in [0.25, 0.3) is 0 Å². The fraction of sp³-hybridized carbons (Fsp3) is 0.455. The molecule has 6 heteroatoms. The minimum absolute atomic E-state index is 0.00500. The van der Waals surface area contributed by atoms with E-state index in [0.717, 1.165) is 12.8 Å². The molecule has 0 aliphatic carbocycles. The van der Waals surface area contributed by atoms with Gasteiger partial charge in [-0.2, -0.15) is 0 Å². The van der Waals surface area contributed by atoms with Crippen molar-refractivity contribution >= 4 is 15.7 Å². The monoisotopic (exact) mass is 258 g/mol. The molecule has 1 aromatic rings. The molecule has 0 aromatic heterocycles. The van der Waals surface area contributed by atoms with E-state index in [9.17, 15) is 8.42 Å². The van der Waals surface area contributed by atoms with Crippen molar-refractivity contribution in [1.82, 2.24) is 0 Å². The van der Waals surface area contributed by atoms with Crippen LogP contribution in [-0.2, 0) is 10.0 Å². The second-order valence-corrected chi connectivity index (χ2v) is 5.52. The number of hydrogen-bond donors (Lipinski definition) is 2. The fourth-order valence-electron chi connectivity index (χ4n) is 1.48. The Morgan fingerprint density at radius 1 is 1.41 bits per heavy atom. The zero-order chi connectivity index (χ0) is 13.1. The molecular weight excluding hydrogens is 240 g/mol. The average Bonchev–Trinajstić information content (AvgIpc) is 2.20. The van der Waals surface area contributed by atoms with Crippen LogP contribution >= 0.6 is 0 Å². The molecule has 0 saturated heterocycles. The average molecular weight is 258 g/mol. The first-order valence-corrected chi connectivity index (χ1v) is 6.98. The molecule has 96 valence electrons. The first-order valence-electron chi connectivity index (χ1n) is 5.43. The van der Waals surface area contributed by atoms with Crippen molar-refractivity contribution in [3.05, 3.63) is 18.2 Å². The maximum atomic E-state index is 11.2. The lowest BCUT2D eigenvalue weighted by molar-refractivity contribution is 0.210. The molecule has 0 bridgehead atoms. The van der Waals surface area contributed by atoms with Crippen LogP contribution in [0.3, 0.4) is 0 Å². The summed E-state index contributed by atoms with van der Waals surface area (Å²) < 4.78 is 28.0. The number of nitrogen functional groups attached to an aromatic ring is 1. The summed E-state index contributed by atoms with van der Waals surface area (Å²) in [6, 6.07) is 4.20. The molecule has 1 atom stereocenters.